The molecular formula is C28H36HfSi. The summed E-state index contributed by atoms with van der Waals surface area (Å²) in [7, 11) is 0. The molecule has 156 valence electrons. The predicted molar refractivity (Wildman–Crippen MR) is 131 cm³/mol. The van der Waals surface area contributed by atoms with Crippen molar-refractivity contribution in [3.8, 4) is 11.1 Å². The average molecular weight is 579 g/mol. The van der Waals surface area contributed by atoms with Gasteiger partial charge in [-0.15, -0.1) is 0 Å². The Hall–Kier alpha value is -0.993. The molecular weight excluding hydrogens is 543 g/mol. The fourth-order valence-electron chi connectivity index (χ4n) is 4.98. The van der Waals surface area contributed by atoms with Crippen LogP contribution in [0.1, 0.15) is 67.5 Å². The third-order valence-electron chi connectivity index (χ3n) is 6.74. The molecule has 0 saturated carbocycles. The molecule has 0 atom stereocenters. The molecule has 0 unspecified atom stereocenters. The van der Waals surface area contributed by atoms with Crippen molar-refractivity contribution in [2.75, 3.05) is 0 Å². The van der Waals surface area contributed by atoms with Crippen molar-refractivity contribution in [3.63, 3.8) is 0 Å². The molecule has 0 heterocycles. The summed E-state index contributed by atoms with van der Waals surface area (Å²) in [6.45, 7) is 19.3. The van der Waals surface area contributed by atoms with Gasteiger partial charge in [-0.2, -0.15) is 0 Å². The van der Waals surface area contributed by atoms with Crippen molar-refractivity contribution in [2.45, 2.75) is 72.8 Å². The number of hydrogen-bond donors (Lipinski definition) is 0. The van der Waals surface area contributed by atoms with E-state index in [1.165, 1.54) is 22.3 Å². The Labute approximate surface area is 191 Å². The molecule has 2 aliphatic rings. The van der Waals surface area contributed by atoms with Gasteiger partial charge in [0.15, 0.2) is 0 Å². The van der Waals surface area contributed by atoms with Crippen LogP contribution in [0.4, 0.5) is 0 Å². The van der Waals surface area contributed by atoms with Gasteiger partial charge in [0.25, 0.3) is 0 Å². The van der Waals surface area contributed by atoms with Crippen molar-refractivity contribution < 1.29 is 20.1 Å². The molecule has 2 aromatic carbocycles. The maximum absolute atomic E-state index is 2.60. The van der Waals surface area contributed by atoms with Gasteiger partial charge in [-0.05, 0) is 0 Å². The number of hydrogen-bond acceptors (Lipinski definition) is 0. The van der Waals surface area contributed by atoms with Crippen LogP contribution in [0.3, 0.4) is 0 Å². The Morgan fingerprint density at radius 1 is 0.700 bits per heavy atom. The molecule has 0 aliphatic heterocycles. The zero-order valence-corrected chi connectivity index (χ0v) is 24.5. The van der Waals surface area contributed by atoms with Crippen molar-refractivity contribution in [1.29, 1.82) is 0 Å². The molecule has 0 bridgehead atoms. The standard InChI is InChI=1S/C21H25.C5H5.C2H6Si.Hf/c1-20(2,3)16-7-9-18-14(12-16)11-15-13-17(21(4,5)6)8-10-19(15)18;1-2-4-5-3-1;1-3-2;/h7-13H,1-6H3;1-5H;1-2H3;. The van der Waals surface area contributed by atoms with E-state index in [1.807, 2.05) is 0 Å². The van der Waals surface area contributed by atoms with Gasteiger partial charge in [0.05, 0.1) is 0 Å². The first kappa shape index (κ1) is 22.2. The van der Waals surface area contributed by atoms with Gasteiger partial charge >= 0.3 is 192 Å². The molecule has 0 radical (unpaired) electrons. The molecule has 4 rings (SSSR count). The molecule has 2 aromatic rings. The van der Waals surface area contributed by atoms with E-state index >= 15 is 0 Å². The van der Waals surface area contributed by atoms with Crippen molar-refractivity contribution in [1.82, 2.24) is 0 Å². The predicted octanol–water partition coefficient (Wildman–Crippen LogP) is 8.14. The second-order valence-electron chi connectivity index (χ2n) is 11.3. The average Bonchev–Trinajstić information content (AvgIpc) is 3.27. The van der Waals surface area contributed by atoms with Crippen LogP contribution in [-0.4, -0.2) is 5.49 Å². The third-order valence-corrected chi connectivity index (χ3v) is 33.9. The Bertz CT molecular complexity index is 1010. The fraction of sp³-hybridized carbons (Fsp3) is 0.429. The van der Waals surface area contributed by atoms with Gasteiger partial charge in [0.1, 0.15) is 0 Å². The van der Waals surface area contributed by atoms with Crippen LogP contribution >= 0.6 is 0 Å². The zero-order chi connectivity index (χ0) is 21.8. The first-order valence-electron chi connectivity index (χ1n) is 11.3. The number of allylic oxidation sites excluding steroid dienone is 4. The summed E-state index contributed by atoms with van der Waals surface area (Å²) in [5.41, 5.74) is 9.39. The fourth-order valence-corrected chi connectivity index (χ4v) is 31.6. The number of benzene rings is 2. The van der Waals surface area contributed by atoms with Crippen LogP contribution in [0.15, 0.2) is 60.7 Å². The molecule has 30 heavy (non-hydrogen) atoms. The molecule has 2 heteroatoms. The summed E-state index contributed by atoms with van der Waals surface area (Å²) in [6, 6.07) is 14.8. The molecule has 0 fully saturated rings. The van der Waals surface area contributed by atoms with Crippen molar-refractivity contribution >= 4 is 5.49 Å². The second kappa shape index (κ2) is 7.85. The molecule has 0 nitrogen and oxygen atoms in total. The molecule has 0 amide bonds. The van der Waals surface area contributed by atoms with Crippen LogP contribution in [0, 0.1) is 0 Å². The van der Waals surface area contributed by atoms with E-state index in [0.717, 1.165) is 3.67 Å². The minimum atomic E-state index is -2.05. The summed E-state index contributed by atoms with van der Waals surface area (Å²) in [5, 5.41) is 0. The Balaban J connectivity index is 1.99. The van der Waals surface area contributed by atoms with E-state index in [9.17, 15) is 0 Å². The normalized spacial score (nSPS) is 16.1. The Morgan fingerprint density at radius 2 is 1.13 bits per heavy atom. The molecule has 0 spiro atoms. The number of fused-ring (bicyclic) bond motifs is 3. The summed E-state index contributed by atoms with van der Waals surface area (Å²) in [4.78, 5) is 0. The van der Waals surface area contributed by atoms with E-state index in [-0.39, 0.29) is 16.3 Å². The Kier molecular flexibility index (Phi) is 5.81. The van der Waals surface area contributed by atoms with Crippen molar-refractivity contribution in [3.05, 3.63) is 83.0 Å². The van der Waals surface area contributed by atoms with Gasteiger partial charge in [-0.1, -0.05) is 0 Å². The van der Waals surface area contributed by atoms with Gasteiger partial charge in [-0.25, -0.2) is 0 Å². The minimum absolute atomic E-state index is 0.190. The first-order chi connectivity index (χ1) is 14.0. The zero-order valence-electron chi connectivity index (χ0n) is 19.9. The van der Waals surface area contributed by atoms with E-state index < -0.39 is 20.1 Å². The second-order valence-corrected chi connectivity index (χ2v) is 36.5. The first-order valence-corrected chi connectivity index (χ1v) is 23.3. The van der Waals surface area contributed by atoms with Crippen molar-refractivity contribution in [2.24, 2.45) is 0 Å². The van der Waals surface area contributed by atoms with Gasteiger partial charge in [-0.3, -0.25) is 0 Å². The topological polar surface area (TPSA) is 0 Å². The van der Waals surface area contributed by atoms with Crippen LogP contribution in [-0.2, 0) is 30.9 Å². The molecule has 2 aliphatic carbocycles. The van der Waals surface area contributed by atoms with Gasteiger partial charge in [0.2, 0.25) is 0 Å². The summed E-state index contributed by atoms with van der Waals surface area (Å²) in [6.07, 6.45) is 9.65. The summed E-state index contributed by atoms with van der Waals surface area (Å²) >= 11 is -2.05. The van der Waals surface area contributed by atoms with Crippen LogP contribution in [0.5, 0.6) is 0 Å². The van der Waals surface area contributed by atoms with E-state index in [2.05, 4.69) is 115 Å². The van der Waals surface area contributed by atoms with Crippen LogP contribution < -0.4 is 0 Å². The van der Waals surface area contributed by atoms with E-state index in [1.54, 1.807) is 11.1 Å². The quantitative estimate of drug-likeness (QED) is 0.316. The summed E-state index contributed by atoms with van der Waals surface area (Å²) < 4.78 is 1.46. The summed E-state index contributed by atoms with van der Waals surface area (Å²) in [5.74, 6) is 0. The van der Waals surface area contributed by atoms with Gasteiger partial charge in [0, 0.05) is 0 Å². The SMILES string of the molecule is C[Si](C)=[Hf]([CH]1C=CC=C1)[CH]1c2cc(C(C)(C)C)ccc2-c2ccc(C(C)(C)C)cc21. The Morgan fingerprint density at radius 3 is 1.50 bits per heavy atom. The van der Waals surface area contributed by atoms with E-state index in [4.69, 9.17) is 0 Å². The van der Waals surface area contributed by atoms with Crippen LogP contribution in [0.2, 0.25) is 16.8 Å². The van der Waals surface area contributed by atoms with E-state index in [0.29, 0.717) is 3.67 Å². The van der Waals surface area contributed by atoms with Crippen LogP contribution in [0.25, 0.3) is 11.1 Å². The maximum atomic E-state index is 2.60. The van der Waals surface area contributed by atoms with Gasteiger partial charge < -0.3 is 0 Å². The third kappa shape index (κ3) is 3.95. The molecule has 0 aromatic heterocycles. The molecule has 0 saturated heterocycles. The number of rotatable bonds is 2. The monoisotopic (exact) mass is 580 g/mol. The molecule has 0 N–H and O–H groups in total.